The van der Waals surface area contributed by atoms with E-state index in [1.807, 2.05) is 13.1 Å². The molecule has 0 radical (unpaired) electrons. The third kappa shape index (κ3) is 3.67. The molecule has 1 aromatic heterocycles. The van der Waals surface area contributed by atoms with E-state index in [4.69, 9.17) is 0 Å². The zero-order chi connectivity index (χ0) is 14.0. The maximum absolute atomic E-state index is 13.5. The number of rotatable bonds is 4. The predicted octanol–water partition coefficient (Wildman–Crippen LogP) is 5.68. The molecule has 0 amide bonds. The summed E-state index contributed by atoms with van der Waals surface area (Å²) in [5, 5.41) is 3.28. The highest BCUT2D eigenvalue weighted by Crippen LogP contribution is 2.37. The minimum absolute atomic E-state index is 0.158. The van der Waals surface area contributed by atoms with Crippen LogP contribution in [0.15, 0.2) is 37.0 Å². The SMILES string of the molecule is CNC(Cc1cccc(F)c1Br)c1cc(Br)c(Br)s1. The van der Waals surface area contributed by atoms with Gasteiger partial charge in [-0.05, 0) is 79.0 Å². The molecule has 1 nitrogen and oxygen atoms in total. The Hall–Kier alpha value is 0.250. The second-order valence-electron chi connectivity index (χ2n) is 4.03. The van der Waals surface area contributed by atoms with Crippen LogP contribution in [0.2, 0.25) is 0 Å². The number of likely N-dealkylation sites (N-methyl/N-ethyl adjacent to an activating group) is 1. The molecule has 0 aliphatic rings. The third-order valence-corrected chi connectivity index (χ3v) is 7.07. The smallest absolute Gasteiger partial charge is 0.137 e. The van der Waals surface area contributed by atoms with Gasteiger partial charge in [-0.1, -0.05) is 12.1 Å². The van der Waals surface area contributed by atoms with Crippen LogP contribution in [-0.2, 0) is 6.42 Å². The molecule has 19 heavy (non-hydrogen) atoms. The number of thiophene rings is 1. The van der Waals surface area contributed by atoms with E-state index in [0.717, 1.165) is 20.2 Å². The summed E-state index contributed by atoms with van der Waals surface area (Å²) in [7, 11) is 1.92. The lowest BCUT2D eigenvalue weighted by Gasteiger charge is -2.15. The Kier molecular flexibility index (Phi) is 5.60. The normalized spacial score (nSPS) is 12.7. The van der Waals surface area contributed by atoms with E-state index in [1.165, 1.54) is 10.9 Å². The molecule has 0 fully saturated rings. The van der Waals surface area contributed by atoms with Gasteiger partial charge in [0.1, 0.15) is 5.82 Å². The lowest BCUT2D eigenvalue weighted by molar-refractivity contribution is 0.587. The van der Waals surface area contributed by atoms with Crippen LogP contribution < -0.4 is 5.32 Å². The van der Waals surface area contributed by atoms with Gasteiger partial charge < -0.3 is 5.32 Å². The van der Waals surface area contributed by atoms with Crippen LogP contribution in [-0.4, -0.2) is 7.05 Å². The van der Waals surface area contributed by atoms with Gasteiger partial charge in [-0.15, -0.1) is 11.3 Å². The second-order valence-corrected chi connectivity index (χ2v) is 8.08. The van der Waals surface area contributed by atoms with Crippen LogP contribution in [0.4, 0.5) is 4.39 Å². The van der Waals surface area contributed by atoms with Crippen molar-refractivity contribution in [2.24, 2.45) is 0 Å². The van der Waals surface area contributed by atoms with E-state index < -0.39 is 0 Å². The Balaban J connectivity index is 2.26. The van der Waals surface area contributed by atoms with Gasteiger partial charge in [-0.2, -0.15) is 0 Å². The zero-order valence-corrected chi connectivity index (χ0v) is 15.6. The van der Waals surface area contributed by atoms with Crippen molar-refractivity contribution in [1.29, 1.82) is 0 Å². The van der Waals surface area contributed by atoms with Crippen molar-refractivity contribution >= 4 is 59.1 Å². The molecule has 1 atom stereocenters. The van der Waals surface area contributed by atoms with Crippen LogP contribution in [0.1, 0.15) is 16.5 Å². The first kappa shape index (κ1) is 15.6. The lowest BCUT2D eigenvalue weighted by Crippen LogP contribution is -2.18. The molecule has 1 heterocycles. The van der Waals surface area contributed by atoms with Crippen molar-refractivity contribution < 1.29 is 4.39 Å². The van der Waals surface area contributed by atoms with Gasteiger partial charge >= 0.3 is 0 Å². The van der Waals surface area contributed by atoms with Gasteiger partial charge in [0.15, 0.2) is 0 Å². The molecule has 2 aromatic rings. The summed E-state index contributed by atoms with van der Waals surface area (Å²) in [6.45, 7) is 0. The summed E-state index contributed by atoms with van der Waals surface area (Å²) in [5.41, 5.74) is 0.958. The van der Waals surface area contributed by atoms with Crippen molar-refractivity contribution in [3.05, 3.63) is 53.3 Å². The van der Waals surface area contributed by atoms with Crippen LogP contribution in [0.3, 0.4) is 0 Å². The van der Waals surface area contributed by atoms with E-state index in [0.29, 0.717) is 4.47 Å². The molecular formula is C13H11Br3FNS. The molecule has 0 spiro atoms. The predicted molar refractivity (Wildman–Crippen MR) is 89.3 cm³/mol. The topological polar surface area (TPSA) is 12.0 Å². The number of hydrogen-bond acceptors (Lipinski definition) is 2. The molecule has 0 aliphatic heterocycles. The summed E-state index contributed by atoms with van der Waals surface area (Å²) in [5.74, 6) is -0.221. The second kappa shape index (κ2) is 6.80. The minimum atomic E-state index is -0.221. The lowest BCUT2D eigenvalue weighted by atomic mass is 10.0. The van der Waals surface area contributed by atoms with Crippen molar-refractivity contribution in [1.82, 2.24) is 5.32 Å². The van der Waals surface area contributed by atoms with Gasteiger partial charge in [0.2, 0.25) is 0 Å². The molecule has 0 saturated heterocycles. The molecule has 0 bridgehead atoms. The molecule has 0 aliphatic carbocycles. The van der Waals surface area contributed by atoms with E-state index in [9.17, 15) is 4.39 Å². The highest BCUT2D eigenvalue weighted by atomic mass is 79.9. The number of benzene rings is 1. The van der Waals surface area contributed by atoms with Gasteiger partial charge in [-0.3, -0.25) is 0 Å². The number of hydrogen-bond donors (Lipinski definition) is 1. The average Bonchev–Trinajstić information content (AvgIpc) is 2.71. The molecule has 1 N–H and O–H groups in total. The fraction of sp³-hybridized carbons (Fsp3) is 0.231. The molecule has 0 saturated carbocycles. The maximum atomic E-state index is 13.5. The van der Waals surface area contributed by atoms with Gasteiger partial charge in [0.05, 0.1) is 8.26 Å². The summed E-state index contributed by atoms with van der Waals surface area (Å²) in [6.07, 6.45) is 0.730. The number of halogens is 4. The fourth-order valence-corrected chi connectivity index (χ4v) is 4.43. The highest BCUT2D eigenvalue weighted by Gasteiger charge is 2.17. The number of nitrogens with one attached hydrogen (secondary N) is 1. The average molecular weight is 472 g/mol. The Morgan fingerprint density at radius 3 is 2.63 bits per heavy atom. The van der Waals surface area contributed by atoms with Crippen LogP contribution in [0, 0.1) is 5.82 Å². The fourth-order valence-electron chi connectivity index (χ4n) is 1.81. The van der Waals surface area contributed by atoms with Crippen LogP contribution in [0.25, 0.3) is 0 Å². The first-order valence-corrected chi connectivity index (χ1v) is 8.77. The standard InChI is InChI=1S/C13H11Br3FNS/c1-18-10(11-6-8(14)13(16)19-11)5-7-3-2-4-9(17)12(7)15/h2-4,6,10,18H,5H2,1H3. The quantitative estimate of drug-likeness (QED) is 0.605. The molecule has 1 unspecified atom stereocenters. The van der Waals surface area contributed by atoms with Crippen molar-refractivity contribution in [2.45, 2.75) is 12.5 Å². The highest BCUT2D eigenvalue weighted by molar-refractivity contribution is 9.13. The maximum Gasteiger partial charge on any atom is 0.137 e. The summed E-state index contributed by atoms with van der Waals surface area (Å²) in [4.78, 5) is 1.21. The summed E-state index contributed by atoms with van der Waals surface area (Å²) < 4.78 is 16.2. The first-order chi connectivity index (χ1) is 9.02. The van der Waals surface area contributed by atoms with Crippen molar-refractivity contribution in [3.8, 4) is 0 Å². The van der Waals surface area contributed by atoms with E-state index in [1.54, 1.807) is 17.4 Å². The monoisotopic (exact) mass is 469 g/mol. The van der Waals surface area contributed by atoms with Gasteiger partial charge in [-0.25, -0.2) is 4.39 Å². The Bertz CT molecular complexity index is 566. The summed E-state index contributed by atoms with van der Waals surface area (Å²) in [6, 6.07) is 7.38. The van der Waals surface area contributed by atoms with Crippen molar-refractivity contribution in [2.75, 3.05) is 7.05 Å². The molecule has 2 rings (SSSR count). The van der Waals surface area contributed by atoms with Crippen LogP contribution >= 0.6 is 59.1 Å². The third-order valence-electron chi connectivity index (χ3n) is 2.81. The van der Waals surface area contributed by atoms with E-state index >= 15 is 0 Å². The Morgan fingerprint density at radius 1 is 1.32 bits per heavy atom. The van der Waals surface area contributed by atoms with Gasteiger partial charge in [0, 0.05) is 15.4 Å². The van der Waals surface area contributed by atoms with Crippen molar-refractivity contribution in [3.63, 3.8) is 0 Å². The zero-order valence-electron chi connectivity index (χ0n) is 10.0. The van der Waals surface area contributed by atoms with E-state index in [-0.39, 0.29) is 11.9 Å². The Labute approximate surface area is 141 Å². The van der Waals surface area contributed by atoms with E-state index in [2.05, 4.69) is 59.2 Å². The first-order valence-electron chi connectivity index (χ1n) is 5.57. The largest absolute Gasteiger partial charge is 0.312 e. The molecule has 6 heteroatoms. The Morgan fingerprint density at radius 2 is 2.05 bits per heavy atom. The van der Waals surface area contributed by atoms with Gasteiger partial charge in [0.25, 0.3) is 0 Å². The summed E-state index contributed by atoms with van der Waals surface area (Å²) >= 11 is 12.0. The molecular weight excluding hydrogens is 461 g/mol. The molecule has 102 valence electrons. The van der Waals surface area contributed by atoms with Crippen LogP contribution in [0.5, 0.6) is 0 Å². The molecule has 1 aromatic carbocycles. The minimum Gasteiger partial charge on any atom is -0.312 e.